The van der Waals surface area contributed by atoms with Crippen molar-refractivity contribution in [2.45, 2.75) is 0 Å². The zero-order valence-corrected chi connectivity index (χ0v) is 8.11. The number of halogens is 1. The molecule has 1 aromatic carbocycles. The summed E-state index contributed by atoms with van der Waals surface area (Å²) in [6.07, 6.45) is 3.36. The summed E-state index contributed by atoms with van der Waals surface area (Å²) in [7, 11) is 0. The van der Waals surface area contributed by atoms with E-state index in [2.05, 4.69) is 0 Å². The van der Waals surface area contributed by atoms with Crippen LogP contribution >= 0.6 is 11.6 Å². The summed E-state index contributed by atoms with van der Waals surface area (Å²) < 4.78 is 1.76. The van der Waals surface area contributed by atoms with Crippen LogP contribution in [0.2, 0.25) is 5.02 Å². The van der Waals surface area contributed by atoms with Crippen LogP contribution in [0.3, 0.4) is 0 Å². The van der Waals surface area contributed by atoms with E-state index in [4.69, 9.17) is 11.6 Å². The van der Waals surface area contributed by atoms with Gasteiger partial charge in [0.25, 0.3) is 0 Å². The zero-order valence-electron chi connectivity index (χ0n) is 7.35. The van der Waals surface area contributed by atoms with Crippen molar-refractivity contribution in [3.63, 3.8) is 0 Å². The van der Waals surface area contributed by atoms with Crippen LogP contribution < -0.4 is 9.67 Å². The van der Waals surface area contributed by atoms with Crippen molar-refractivity contribution in [2.24, 2.45) is 0 Å². The number of rotatable bonds is 1. The molecule has 0 aliphatic rings. The average Bonchev–Trinajstić information content (AvgIpc) is 2.19. The minimum Gasteiger partial charge on any atom is -0.868 e. The SMILES string of the molecule is [O-]c1ccc[n+](-c2ccc(Cl)cc2)c1. The first-order valence-corrected chi connectivity index (χ1v) is 4.58. The van der Waals surface area contributed by atoms with Crippen LogP contribution in [0.1, 0.15) is 0 Å². The lowest BCUT2D eigenvalue weighted by Crippen LogP contribution is -2.29. The van der Waals surface area contributed by atoms with Gasteiger partial charge >= 0.3 is 0 Å². The second-order valence-electron chi connectivity index (χ2n) is 2.92. The van der Waals surface area contributed by atoms with E-state index in [1.165, 1.54) is 12.3 Å². The molecule has 0 radical (unpaired) electrons. The molecule has 0 N–H and O–H groups in total. The summed E-state index contributed by atoms with van der Waals surface area (Å²) in [5.41, 5.74) is 0.923. The van der Waals surface area contributed by atoms with E-state index in [-0.39, 0.29) is 5.75 Å². The van der Waals surface area contributed by atoms with E-state index in [1.54, 1.807) is 22.8 Å². The molecule has 0 atom stereocenters. The standard InChI is InChI=1S/C11H8ClNO/c12-9-3-5-10(6-4-9)13-7-1-2-11(14)8-13/h1-8H. The molecule has 0 fully saturated rings. The summed E-state index contributed by atoms with van der Waals surface area (Å²) in [6, 6.07) is 10.6. The van der Waals surface area contributed by atoms with Crippen molar-refractivity contribution in [3.8, 4) is 11.4 Å². The lowest BCUT2D eigenvalue weighted by atomic mass is 10.3. The first-order valence-electron chi connectivity index (χ1n) is 4.20. The minimum atomic E-state index is -0.0116. The van der Waals surface area contributed by atoms with Crippen LogP contribution in [0.25, 0.3) is 5.69 Å². The Bertz CT molecular complexity index is 439. The Kier molecular flexibility index (Phi) is 2.37. The Balaban J connectivity index is 2.44. The van der Waals surface area contributed by atoms with Gasteiger partial charge < -0.3 is 5.11 Å². The monoisotopic (exact) mass is 205 g/mol. The average molecular weight is 206 g/mol. The van der Waals surface area contributed by atoms with E-state index >= 15 is 0 Å². The molecule has 0 saturated heterocycles. The van der Waals surface area contributed by atoms with Gasteiger partial charge in [0.2, 0.25) is 5.69 Å². The normalized spacial score (nSPS) is 10.1. The quantitative estimate of drug-likeness (QED) is 0.651. The van der Waals surface area contributed by atoms with Crippen molar-refractivity contribution in [1.82, 2.24) is 0 Å². The Labute approximate surface area is 87.0 Å². The van der Waals surface area contributed by atoms with Gasteiger partial charge in [-0.1, -0.05) is 17.7 Å². The minimum absolute atomic E-state index is 0.0116. The Hall–Kier alpha value is -1.54. The van der Waals surface area contributed by atoms with Crippen LogP contribution in [-0.4, -0.2) is 0 Å². The first-order chi connectivity index (χ1) is 6.75. The molecule has 2 aromatic rings. The van der Waals surface area contributed by atoms with Gasteiger partial charge in [-0.3, -0.25) is 0 Å². The molecule has 0 unspecified atom stereocenters. The number of hydrogen-bond acceptors (Lipinski definition) is 1. The lowest BCUT2D eigenvalue weighted by Gasteiger charge is -2.01. The van der Waals surface area contributed by atoms with E-state index in [1.807, 2.05) is 18.3 Å². The van der Waals surface area contributed by atoms with Crippen molar-refractivity contribution in [2.75, 3.05) is 0 Å². The Morgan fingerprint density at radius 3 is 2.43 bits per heavy atom. The third kappa shape index (κ3) is 1.86. The van der Waals surface area contributed by atoms with Gasteiger partial charge in [-0.05, 0) is 17.9 Å². The zero-order chi connectivity index (χ0) is 9.97. The van der Waals surface area contributed by atoms with E-state index < -0.39 is 0 Å². The molecule has 14 heavy (non-hydrogen) atoms. The third-order valence-corrected chi connectivity index (χ3v) is 2.15. The summed E-state index contributed by atoms with van der Waals surface area (Å²) in [6.45, 7) is 0. The molecule has 1 heterocycles. The molecule has 0 aliphatic heterocycles. The fourth-order valence-electron chi connectivity index (χ4n) is 1.23. The summed E-state index contributed by atoms with van der Waals surface area (Å²) in [5.74, 6) is -0.0116. The smallest absolute Gasteiger partial charge is 0.210 e. The first kappa shape index (κ1) is 9.03. The van der Waals surface area contributed by atoms with Gasteiger partial charge in [0.05, 0.1) is 0 Å². The number of benzene rings is 1. The molecule has 0 aliphatic carbocycles. The second kappa shape index (κ2) is 3.68. The Morgan fingerprint density at radius 1 is 1.07 bits per heavy atom. The van der Waals surface area contributed by atoms with E-state index in [9.17, 15) is 5.11 Å². The maximum absolute atomic E-state index is 11.1. The molecular weight excluding hydrogens is 198 g/mol. The topological polar surface area (TPSA) is 26.9 Å². The van der Waals surface area contributed by atoms with Crippen LogP contribution in [-0.2, 0) is 0 Å². The maximum atomic E-state index is 11.1. The molecule has 2 rings (SSSR count). The molecule has 70 valence electrons. The van der Waals surface area contributed by atoms with Gasteiger partial charge in [0.15, 0.2) is 12.4 Å². The molecule has 0 saturated carbocycles. The highest BCUT2D eigenvalue weighted by molar-refractivity contribution is 6.30. The van der Waals surface area contributed by atoms with Crippen molar-refractivity contribution < 1.29 is 9.67 Å². The fraction of sp³-hybridized carbons (Fsp3) is 0. The number of pyridine rings is 1. The van der Waals surface area contributed by atoms with Crippen LogP contribution in [0.5, 0.6) is 5.75 Å². The van der Waals surface area contributed by atoms with Gasteiger partial charge in [-0.15, -0.1) is 0 Å². The third-order valence-electron chi connectivity index (χ3n) is 1.90. The Morgan fingerprint density at radius 2 is 1.79 bits per heavy atom. The number of aromatic nitrogens is 1. The molecule has 1 aromatic heterocycles. The molecule has 0 amide bonds. The summed E-state index contributed by atoms with van der Waals surface area (Å²) in [4.78, 5) is 0. The lowest BCUT2D eigenvalue weighted by molar-refractivity contribution is -0.599. The predicted molar refractivity (Wildman–Crippen MR) is 52.4 cm³/mol. The second-order valence-corrected chi connectivity index (χ2v) is 3.36. The van der Waals surface area contributed by atoms with Crippen molar-refractivity contribution >= 4 is 11.6 Å². The molecule has 2 nitrogen and oxygen atoms in total. The largest absolute Gasteiger partial charge is 0.868 e. The van der Waals surface area contributed by atoms with Crippen LogP contribution in [0, 0.1) is 0 Å². The number of nitrogens with zero attached hydrogens (tertiary/aromatic N) is 1. The van der Waals surface area contributed by atoms with Gasteiger partial charge in [-0.25, -0.2) is 0 Å². The van der Waals surface area contributed by atoms with Gasteiger partial charge in [0, 0.05) is 23.2 Å². The van der Waals surface area contributed by atoms with Crippen molar-refractivity contribution in [1.29, 1.82) is 0 Å². The predicted octanol–water partition coefficient (Wildman–Crippen LogP) is 1.69. The summed E-state index contributed by atoms with van der Waals surface area (Å²) >= 11 is 5.76. The molecule has 0 spiro atoms. The molecular formula is C11H8ClNO. The molecule has 0 bridgehead atoms. The van der Waals surface area contributed by atoms with E-state index in [0.29, 0.717) is 5.02 Å². The highest BCUT2D eigenvalue weighted by Crippen LogP contribution is 2.09. The highest BCUT2D eigenvalue weighted by Gasteiger charge is 2.02. The molecule has 3 heteroatoms. The fourth-order valence-corrected chi connectivity index (χ4v) is 1.35. The van der Waals surface area contributed by atoms with Crippen LogP contribution in [0.4, 0.5) is 0 Å². The van der Waals surface area contributed by atoms with E-state index in [0.717, 1.165) is 5.69 Å². The maximum Gasteiger partial charge on any atom is 0.210 e. The van der Waals surface area contributed by atoms with Gasteiger partial charge in [-0.2, -0.15) is 4.57 Å². The van der Waals surface area contributed by atoms with Crippen LogP contribution in [0.15, 0.2) is 48.8 Å². The highest BCUT2D eigenvalue weighted by atomic mass is 35.5. The summed E-state index contributed by atoms with van der Waals surface area (Å²) in [5, 5.41) is 11.8. The van der Waals surface area contributed by atoms with Gasteiger partial charge in [0.1, 0.15) is 0 Å². The van der Waals surface area contributed by atoms with Crippen molar-refractivity contribution in [3.05, 3.63) is 53.8 Å². The number of hydrogen-bond donors (Lipinski definition) is 0.